The molecule has 1 unspecified atom stereocenters. The summed E-state index contributed by atoms with van der Waals surface area (Å²) in [6, 6.07) is 10.3. The zero-order chi connectivity index (χ0) is 22.6. The van der Waals surface area contributed by atoms with Crippen LogP contribution >= 0.6 is 11.6 Å². The number of carbonyl (C=O) groups excluding carboxylic acids is 1. The largest absolute Gasteiger partial charge is 0.508 e. The van der Waals surface area contributed by atoms with Crippen molar-refractivity contribution in [1.29, 1.82) is 0 Å². The number of halogens is 1. The maximum atomic E-state index is 13.8. The summed E-state index contributed by atoms with van der Waals surface area (Å²) in [6.07, 6.45) is 1.68. The van der Waals surface area contributed by atoms with Crippen LogP contribution in [-0.2, 0) is 22.5 Å². The van der Waals surface area contributed by atoms with E-state index in [1.165, 1.54) is 18.2 Å². The molecule has 0 fully saturated rings. The molecule has 0 radical (unpaired) electrons. The van der Waals surface area contributed by atoms with Crippen molar-refractivity contribution in [2.75, 3.05) is 6.61 Å². The molecule has 1 atom stereocenters. The Kier molecular flexibility index (Phi) is 4.86. The topological polar surface area (TPSA) is 104 Å². The van der Waals surface area contributed by atoms with Crippen LogP contribution in [0.5, 0.6) is 11.5 Å². The van der Waals surface area contributed by atoms with E-state index in [9.17, 15) is 14.7 Å². The van der Waals surface area contributed by atoms with Crippen molar-refractivity contribution in [2.24, 2.45) is 5.73 Å². The first kappa shape index (κ1) is 20.5. The number of fused-ring (bicyclic) bond motifs is 2. The molecule has 3 heterocycles. The Balaban J connectivity index is 1.90. The number of hydrogen-bond acceptors (Lipinski definition) is 6. The van der Waals surface area contributed by atoms with Crippen LogP contribution in [-0.4, -0.2) is 22.2 Å². The molecule has 1 aromatic heterocycles. The predicted molar refractivity (Wildman–Crippen MR) is 120 cm³/mol. The number of phenols is 1. The van der Waals surface area contributed by atoms with Crippen LogP contribution in [0.1, 0.15) is 36.0 Å². The van der Waals surface area contributed by atoms with Crippen molar-refractivity contribution in [3.05, 3.63) is 79.9 Å². The Morgan fingerprint density at radius 3 is 2.94 bits per heavy atom. The van der Waals surface area contributed by atoms with Gasteiger partial charge in [-0.05, 0) is 49.6 Å². The van der Waals surface area contributed by atoms with E-state index in [-0.39, 0.29) is 40.5 Å². The van der Waals surface area contributed by atoms with Crippen molar-refractivity contribution >= 4 is 28.5 Å². The maximum absolute atomic E-state index is 13.8. The first-order chi connectivity index (χ1) is 15.4. The number of esters is 1. The van der Waals surface area contributed by atoms with Gasteiger partial charge in [-0.2, -0.15) is 0 Å². The summed E-state index contributed by atoms with van der Waals surface area (Å²) in [6.45, 7) is 2.33. The van der Waals surface area contributed by atoms with Crippen molar-refractivity contribution < 1.29 is 19.4 Å². The number of aryl methyl sites for hydroxylation is 2. The van der Waals surface area contributed by atoms with Crippen LogP contribution in [0.2, 0.25) is 5.02 Å². The lowest BCUT2D eigenvalue weighted by Gasteiger charge is -2.31. The van der Waals surface area contributed by atoms with E-state index in [1.807, 2.05) is 18.2 Å². The Bertz CT molecular complexity index is 1380. The monoisotopic (exact) mass is 452 g/mol. The van der Waals surface area contributed by atoms with E-state index in [1.54, 1.807) is 11.5 Å². The van der Waals surface area contributed by atoms with E-state index in [0.717, 1.165) is 29.3 Å². The zero-order valence-corrected chi connectivity index (χ0v) is 18.1. The van der Waals surface area contributed by atoms with Crippen LogP contribution in [0, 0.1) is 0 Å². The second-order valence-corrected chi connectivity index (χ2v) is 8.29. The number of pyridine rings is 1. The van der Waals surface area contributed by atoms with Crippen molar-refractivity contribution in [1.82, 2.24) is 4.57 Å². The molecule has 2 aromatic carbocycles. The Labute approximate surface area is 188 Å². The number of phenolic OH excluding ortho intramolecular Hbond substituents is 1. The summed E-state index contributed by atoms with van der Waals surface area (Å²) < 4.78 is 12.9. The van der Waals surface area contributed by atoms with Gasteiger partial charge in [0.25, 0.3) is 5.56 Å². The molecule has 3 aromatic rings. The van der Waals surface area contributed by atoms with Gasteiger partial charge in [0.05, 0.1) is 23.6 Å². The van der Waals surface area contributed by atoms with E-state index in [2.05, 4.69) is 0 Å². The van der Waals surface area contributed by atoms with Gasteiger partial charge in [0, 0.05) is 22.5 Å². The average molecular weight is 453 g/mol. The molecule has 0 amide bonds. The standard InChI is InChI=1S/C24H21ClN2O5/c1-2-31-24(30)19-17(15-11-13(25)8-9-16(15)28)18-21(32-22(19)26)14-7-3-5-12-6-4-10-27(20(12)14)23(18)29/h3,5,7-9,11,17,28H,2,4,6,10,26H2,1H3. The van der Waals surface area contributed by atoms with Gasteiger partial charge in [-0.1, -0.05) is 23.7 Å². The first-order valence-electron chi connectivity index (χ1n) is 10.4. The molecule has 32 heavy (non-hydrogen) atoms. The van der Waals surface area contributed by atoms with Crippen molar-refractivity contribution in [2.45, 2.75) is 32.2 Å². The van der Waals surface area contributed by atoms with Gasteiger partial charge in [0.2, 0.25) is 5.88 Å². The molecule has 3 N–H and O–H groups in total. The van der Waals surface area contributed by atoms with Crippen molar-refractivity contribution in [3.8, 4) is 11.5 Å². The van der Waals surface area contributed by atoms with E-state index >= 15 is 0 Å². The maximum Gasteiger partial charge on any atom is 0.340 e. The number of para-hydroxylation sites is 1. The lowest BCUT2D eigenvalue weighted by molar-refractivity contribution is -0.139. The second kappa shape index (κ2) is 7.60. The number of nitrogens with zero attached hydrogens (tertiary/aromatic N) is 1. The predicted octanol–water partition coefficient (Wildman–Crippen LogP) is 3.56. The lowest BCUT2D eigenvalue weighted by Crippen LogP contribution is -2.35. The molecular formula is C24H21ClN2O5. The SMILES string of the molecule is CCOC(=O)C1=C(N)Oc2c(c(=O)n3c4c(cccc24)CCC3)C1c1cc(Cl)ccc1O. The lowest BCUT2D eigenvalue weighted by atomic mass is 9.82. The fourth-order valence-electron chi connectivity index (χ4n) is 4.74. The fraction of sp³-hybridized carbons (Fsp3) is 0.250. The molecule has 8 heteroatoms. The quantitative estimate of drug-likeness (QED) is 0.589. The number of nitrogens with two attached hydrogens (primary N) is 1. The van der Waals surface area contributed by atoms with E-state index < -0.39 is 11.9 Å². The zero-order valence-electron chi connectivity index (χ0n) is 17.4. The van der Waals surface area contributed by atoms with Crippen LogP contribution in [0.25, 0.3) is 10.9 Å². The summed E-state index contributed by atoms with van der Waals surface area (Å²) in [5, 5.41) is 11.8. The van der Waals surface area contributed by atoms with E-state index in [4.69, 9.17) is 26.8 Å². The third-order valence-corrected chi connectivity index (χ3v) is 6.27. The van der Waals surface area contributed by atoms with Crippen LogP contribution in [0.4, 0.5) is 0 Å². The van der Waals surface area contributed by atoms with Gasteiger partial charge in [0.1, 0.15) is 17.1 Å². The molecule has 0 bridgehead atoms. The number of hydrogen-bond donors (Lipinski definition) is 2. The smallest absolute Gasteiger partial charge is 0.340 e. The van der Waals surface area contributed by atoms with Crippen LogP contribution in [0.3, 0.4) is 0 Å². The number of ether oxygens (including phenoxy) is 2. The average Bonchev–Trinajstić information content (AvgIpc) is 2.78. The number of aromatic hydroxyl groups is 1. The van der Waals surface area contributed by atoms with Gasteiger partial charge in [-0.15, -0.1) is 0 Å². The van der Waals surface area contributed by atoms with Gasteiger partial charge < -0.3 is 24.9 Å². The summed E-state index contributed by atoms with van der Waals surface area (Å²) >= 11 is 6.22. The molecule has 7 nitrogen and oxygen atoms in total. The van der Waals surface area contributed by atoms with Gasteiger partial charge in [0.15, 0.2) is 0 Å². The third kappa shape index (κ3) is 2.96. The minimum atomic E-state index is -0.997. The minimum Gasteiger partial charge on any atom is -0.508 e. The summed E-state index contributed by atoms with van der Waals surface area (Å²) in [5.41, 5.74) is 8.28. The summed E-state index contributed by atoms with van der Waals surface area (Å²) in [5.74, 6) is -1.70. The third-order valence-electron chi connectivity index (χ3n) is 6.03. The molecule has 2 aliphatic rings. The highest BCUT2D eigenvalue weighted by Crippen LogP contribution is 2.47. The molecule has 164 valence electrons. The molecule has 0 saturated heterocycles. The molecule has 0 saturated carbocycles. The second-order valence-electron chi connectivity index (χ2n) is 7.85. The number of benzene rings is 2. The Morgan fingerprint density at radius 2 is 2.16 bits per heavy atom. The molecule has 2 aliphatic heterocycles. The molecule has 0 spiro atoms. The highest BCUT2D eigenvalue weighted by molar-refractivity contribution is 6.30. The van der Waals surface area contributed by atoms with Crippen LogP contribution in [0.15, 0.2) is 52.6 Å². The Hall–Kier alpha value is -3.45. The van der Waals surface area contributed by atoms with E-state index in [0.29, 0.717) is 17.3 Å². The number of rotatable bonds is 3. The van der Waals surface area contributed by atoms with Crippen molar-refractivity contribution in [3.63, 3.8) is 0 Å². The van der Waals surface area contributed by atoms with Gasteiger partial charge >= 0.3 is 5.97 Å². The first-order valence-corrected chi connectivity index (χ1v) is 10.8. The molecular weight excluding hydrogens is 432 g/mol. The highest BCUT2D eigenvalue weighted by Gasteiger charge is 2.41. The summed E-state index contributed by atoms with van der Waals surface area (Å²) in [4.78, 5) is 26.7. The van der Waals surface area contributed by atoms with Gasteiger partial charge in [-0.3, -0.25) is 4.79 Å². The van der Waals surface area contributed by atoms with Gasteiger partial charge in [-0.25, -0.2) is 4.79 Å². The van der Waals surface area contributed by atoms with Crippen LogP contribution < -0.4 is 16.0 Å². The Morgan fingerprint density at radius 1 is 1.34 bits per heavy atom. The minimum absolute atomic E-state index is 0.0341. The highest BCUT2D eigenvalue weighted by atomic mass is 35.5. The number of aromatic nitrogens is 1. The number of carbonyl (C=O) groups is 1. The molecule has 5 rings (SSSR count). The summed E-state index contributed by atoms with van der Waals surface area (Å²) in [7, 11) is 0. The fourth-order valence-corrected chi connectivity index (χ4v) is 4.92. The normalized spacial score (nSPS) is 17.1. The molecule has 0 aliphatic carbocycles.